The average Bonchev–Trinajstić information content (AvgIpc) is 2.36. The van der Waals surface area contributed by atoms with Crippen molar-refractivity contribution in [3.05, 3.63) is 23.9 Å². The Labute approximate surface area is 102 Å². The summed E-state index contributed by atoms with van der Waals surface area (Å²) in [6.45, 7) is -0.178. The number of aromatic nitrogens is 1. The molecule has 0 amide bonds. The largest absolute Gasteiger partial charge is 0.471 e. The fraction of sp³-hybridized carbons (Fsp3) is 0.545. The van der Waals surface area contributed by atoms with Gasteiger partial charge in [0.15, 0.2) is 6.61 Å². The van der Waals surface area contributed by atoms with Crippen molar-refractivity contribution in [2.45, 2.75) is 31.7 Å². The van der Waals surface area contributed by atoms with Crippen molar-refractivity contribution in [2.24, 2.45) is 5.73 Å². The maximum absolute atomic E-state index is 13.1. The molecule has 7 heteroatoms. The second-order valence-corrected chi connectivity index (χ2v) is 3.76. The Morgan fingerprint density at radius 2 is 1.89 bits per heavy atom. The van der Waals surface area contributed by atoms with Gasteiger partial charge in [0.05, 0.1) is 0 Å². The van der Waals surface area contributed by atoms with Gasteiger partial charge >= 0.3 is 11.8 Å². The zero-order chi connectivity index (χ0) is 13.8. The van der Waals surface area contributed by atoms with E-state index >= 15 is 0 Å². The van der Waals surface area contributed by atoms with Crippen LogP contribution in [0.25, 0.3) is 0 Å². The number of nitrogens with two attached hydrogens (primary N) is 1. The predicted octanol–water partition coefficient (Wildman–Crippen LogP) is 2.60. The van der Waals surface area contributed by atoms with Gasteiger partial charge in [0.1, 0.15) is 0 Å². The van der Waals surface area contributed by atoms with Crippen LogP contribution in [0.5, 0.6) is 5.88 Å². The Kier molecular flexibility index (Phi) is 4.50. The van der Waals surface area contributed by atoms with Gasteiger partial charge in [-0.25, -0.2) is 4.98 Å². The maximum Gasteiger partial charge on any atom is 0.343 e. The summed E-state index contributed by atoms with van der Waals surface area (Å²) < 4.78 is 56.6. The van der Waals surface area contributed by atoms with E-state index in [-0.39, 0.29) is 12.4 Å². The molecule has 0 bridgehead atoms. The monoisotopic (exact) mass is 266 g/mol. The molecule has 2 N–H and O–H groups in total. The van der Waals surface area contributed by atoms with Gasteiger partial charge in [-0.2, -0.15) is 17.6 Å². The lowest BCUT2D eigenvalue weighted by Gasteiger charge is -2.25. The van der Waals surface area contributed by atoms with Crippen LogP contribution in [0.3, 0.4) is 0 Å². The Bertz CT molecular complexity index is 381. The highest BCUT2D eigenvalue weighted by Gasteiger charge is 2.55. The van der Waals surface area contributed by atoms with Crippen molar-refractivity contribution in [3.8, 4) is 5.88 Å². The topological polar surface area (TPSA) is 48.1 Å². The molecule has 0 unspecified atom stereocenters. The van der Waals surface area contributed by atoms with Crippen LogP contribution < -0.4 is 10.5 Å². The molecule has 0 aliphatic carbocycles. The summed E-state index contributed by atoms with van der Waals surface area (Å²) in [7, 11) is 0. The minimum atomic E-state index is -4.23. The molecule has 1 aromatic heterocycles. The van der Waals surface area contributed by atoms with E-state index in [4.69, 9.17) is 5.73 Å². The molecule has 0 fully saturated rings. The summed E-state index contributed by atoms with van der Waals surface area (Å²) in [6, 6.07) is 2.83. The predicted molar refractivity (Wildman–Crippen MR) is 57.8 cm³/mol. The quantitative estimate of drug-likeness (QED) is 0.805. The number of rotatable bonds is 6. The van der Waals surface area contributed by atoms with Gasteiger partial charge < -0.3 is 10.5 Å². The number of hydrogen-bond acceptors (Lipinski definition) is 3. The lowest BCUT2D eigenvalue weighted by atomic mass is 10.1. The first-order valence-corrected chi connectivity index (χ1v) is 5.36. The molecule has 1 rings (SSSR count). The first-order chi connectivity index (χ1) is 8.32. The third-order valence-electron chi connectivity index (χ3n) is 2.41. The van der Waals surface area contributed by atoms with Gasteiger partial charge in [-0.1, -0.05) is 13.0 Å². The molecule has 0 aromatic carbocycles. The highest BCUT2D eigenvalue weighted by atomic mass is 19.3. The van der Waals surface area contributed by atoms with Crippen molar-refractivity contribution in [1.82, 2.24) is 4.98 Å². The molecular formula is C11H14F4N2O. The molecule has 0 aliphatic heterocycles. The van der Waals surface area contributed by atoms with Gasteiger partial charge in [0.2, 0.25) is 5.88 Å². The summed E-state index contributed by atoms with van der Waals surface area (Å²) in [6.07, 6.45) is 0.383. The summed E-state index contributed by atoms with van der Waals surface area (Å²) in [4.78, 5) is 3.68. The van der Waals surface area contributed by atoms with E-state index in [1.807, 2.05) is 0 Å². The van der Waals surface area contributed by atoms with Gasteiger partial charge in [0, 0.05) is 25.2 Å². The van der Waals surface area contributed by atoms with Crippen molar-refractivity contribution < 1.29 is 22.3 Å². The highest BCUT2D eigenvalue weighted by Crippen LogP contribution is 2.36. The Balaban J connectivity index is 2.64. The molecule has 0 atom stereocenters. The Hall–Kier alpha value is -1.37. The standard InChI is InChI=1S/C11H14F4N2O/c1-2-10(12,13)11(14,15)7-18-9-4-3-8(5-16)6-17-9/h3-4,6H,2,5,7,16H2,1H3. The van der Waals surface area contributed by atoms with Crippen molar-refractivity contribution in [2.75, 3.05) is 6.61 Å². The summed E-state index contributed by atoms with van der Waals surface area (Å²) >= 11 is 0. The molecule has 0 saturated heterocycles. The van der Waals surface area contributed by atoms with Crippen molar-refractivity contribution in [3.63, 3.8) is 0 Å². The van der Waals surface area contributed by atoms with Crippen LogP contribution in [0, 0.1) is 0 Å². The molecule has 0 radical (unpaired) electrons. The second kappa shape index (κ2) is 5.51. The second-order valence-electron chi connectivity index (χ2n) is 3.76. The third-order valence-corrected chi connectivity index (χ3v) is 2.41. The lowest BCUT2D eigenvalue weighted by molar-refractivity contribution is -0.222. The van der Waals surface area contributed by atoms with Crippen molar-refractivity contribution in [1.29, 1.82) is 0 Å². The van der Waals surface area contributed by atoms with E-state index in [0.717, 1.165) is 6.92 Å². The summed E-state index contributed by atoms with van der Waals surface area (Å²) in [5, 5.41) is 0. The van der Waals surface area contributed by atoms with Crippen LogP contribution in [0.1, 0.15) is 18.9 Å². The zero-order valence-corrected chi connectivity index (χ0v) is 9.80. The molecular weight excluding hydrogens is 252 g/mol. The lowest BCUT2D eigenvalue weighted by Crippen LogP contribution is -2.44. The number of halogens is 4. The van der Waals surface area contributed by atoms with E-state index in [2.05, 4.69) is 9.72 Å². The molecule has 0 spiro atoms. The van der Waals surface area contributed by atoms with E-state index in [1.165, 1.54) is 18.3 Å². The van der Waals surface area contributed by atoms with Crippen LogP contribution in [0.15, 0.2) is 18.3 Å². The zero-order valence-electron chi connectivity index (χ0n) is 9.80. The molecule has 0 saturated carbocycles. The first kappa shape index (κ1) is 14.7. The number of pyridine rings is 1. The molecule has 1 heterocycles. The van der Waals surface area contributed by atoms with Crippen LogP contribution >= 0.6 is 0 Å². The Morgan fingerprint density at radius 3 is 2.33 bits per heavy atom. The molecule has 1 aromatic rings. The van der Waals surface area contributed by atoms with E-state index in [0.29, 0.717) is 5.56 Å². The molecule has 18 heavy (non-hydrogen) atoms. The maximum atomic E-state index is 13.1. The Morgan fingerprint density at radius 1 is 1.22 bits per heavy atom. The molecule has 102 valence electrons. The van der Waals surface area contributed by atoms with Gasteiger partial charge in [0.25, 0.3) is 0 Å². The van der Waals surface area contributed by atoms with Gasteiger partial charge in [-0.3, -0.25) is 0 Å². The number of nitrogens with zero attached hydrogens (tertiary/aromatic N) is 1. The smallest absolute Gasteiger partial charge is 0.343 e. The fourth-order valence-corrected chi connectivity index (χ4v) is 1.15. The van der Waals surface area contributed by atoms with Crippen LogP contribution in [0.2, 0.25) is 0 Å². The van der Waals surface area contributed by atoms with Crippen LogP contribution in [-0.2, 0) is 6.54 Å². The van der Waals surface area contributed by atoms with Gasteiger partial charge in [-0.05, 0) is 5.56 Å². The van der Waals surface area contributed by atoms with Crippen LogP contribution in [-0.4, -0.2) is 23.4 Å². The number of alkyl halides is 4. The van der Waals surface area contributed by atoms with Crippen molar-refractivity contribution >= 4 is 0 Å². The summed E-state index contributed by atoms with van der Waals surface area (Å²) in [5.41, 5.74) is 6.01. The molecule has 3 nitrogen and oxygen atoms in total. The van der Waals surface area contributed by atoms with E-state index in [9.17, 15) is 17.6 Å². The highest BCUT2D eigenvalue weighted by molar-refractivity contribution is 5.17. The minimum Gasteiger partial charge on any atom is -0.471 e. The average molecular weight is 266 g/mol. The SMILES string of the molecule is CCC(F)(F)C(F)(F)COc1ccc(CN)cn1. The third kappa shape index (κ3) is 3.32. The summed E-state index contributed by atoms with van der Waals surface area (Å²) in [5.74, 6) is -8.46. The first-order valence-electron chi connectivity index (χ1n) is 5.36. The van der Waals surface area contributed by atoms with Crippen LogP contribution in [0.4, 0.5) is 17.6 Å². The van der Waals surface area contributed by atoms with E-state index < -0.39 is 24.9 Å². The fourth-order valence-electron chi connectivity index (χ4n) is 1.15. The number of ether oxygens (including phenoxy) is 1. The van der Waals surface area contributed by atoms with E-state index in [1.54, 1.807) is 0 Å². The molecule has 0 aliphatic rings. The normalized spacial score (nSPS) is 12.6. The van der Waals surface area contributed by atoms with Gasteiger partial charge in [-0.15, -0.1) is 0 Å². The minimum absolute atomic E-state index is 0.140. The number of hydrogen-bond donors (Lipinski definition) is 1.